The second-order valence-electron chi connectivity index (χ2n) is 14.0. The fourth-order valence-electron chi connectivity index (χ4n) is 5.97. The molecule has 46 heavy (non-hydrogen) atoms. The molecule has 0 saturated carbocycles. The fraction of sp³-hybridized carbons (Fsp3) is 0.951. The van der Waals surface area contributed by atoms with Crippen LogP contribution in [-0.2, 0) is 9.59 Å². The van der Waals surface area contributed by atoms with Crippen LogP contribution in [-0.4, -0.2) is 45.2 Å². The lowest BCUT2D eigenvalue weighted by Gasteiger charge is -2.17. The van der Waals surface area contributed by atoms with E-state index in [9.17, 15) is 24.9 Å². The van der Waals surface area contributed by atoms with Gasteiger partial charge in [0.05, 0.1) is 18.3 Å². The number of Topliss-reactive ketones (excluding diaryl/α,β-unsaturated/α-hetero) is 2. The average Bonchev–Trinajstić information content (AvgIpc) is 3.06. The molecule has 0 saturated heterocycles. The number of ketones is 2. The second kappa shape index (κ2) is 38.7. The summed E-state index contributed by atoms with van der Waals surface area (Å²) in [6.07, 6.45) is 34.1. The third kappa shape index (κ3) is 37.7. The molecule has 0 radical (unpaired) electrons. The van der Waals surface area contributed by atoms with E-state index in [4.69, 9.17) is 0 Å². The van der Waals surface area contributed by atoms with Crippen molar-refractivity contribution in [2.45, 2.75) is 251 Å². The second-order valence-corrected chi connectivity index (χ2v) is 14.0. The Labute approximate surface area is 287 Å². The largest absolute Gasteiger partial charge is 0.393 e. The Morgan fingerprint density at radius 2 is 0.630 bits per heavy atom. The summed E-state index contributed by atoms with van der Waals surface area (Å²) in [6, 6.07) is 0. The Morgan fingerprint density at radius 1 is 0.370 bits per heavy atom. The van der Waals surface area contributed by atoms with Gasteiger partial charge in [-0.2, -0.15) is 0 Å². The highest BCUT2D eigenvalue weighted by molar-refractivity contribution is 5.78. The van der Waals surface area contributed by atoms with Crippen LogP contribution in [0.5, 0.6) is 0 Å². The van der Waals surface area contributed by atoms with E-state index in [2.05, 4.69) is 13.8 Å². The van der Waals surface area contributed by atoms with Gasteiger partial charge in [0, 0.05) is 25.7 Å². The fourth-order valence-corrected chi connectivity index (χ4v) is 5.97. The Morgan fingerprint density at radius 3 is 0.957 bits per heavy atom. The van der Waals surface area contributed by atoms with Crippen LogP contribution in [0.3, 0.4) is 0 Å². The first-order valence-corrected chi connectivity index (χ1v) is 20.4. The first-order valence-electron chi connectivity index (χ1n) is 20.4. The highest BCUT2D eigenvalue weighted by Gasteiger charge is 2.15. The number of unbranched alkanes of at least 4 members (excludes halogenated alkanes) is 20. The molecule has 0 aromatic rings. The zero-order valence-corrected chi connectivity index (χ0v) is 31.5. The third-order valence-electron chi connectivity index (χ3n) is 9.43. The van der Waals surface area contributed by atoms with Crippen molar-refractivity contribution in [1.29, 1.82) is 0 Å². The molecule has 0 aliphatic heterocycles. The van der Waals surface area contributed by atoms with Crippen molar-refractivity contribution in [3.05, 3.63) is 0 Å². The minimum atomic E-state index is -0.545. The summed E-state index contributed by atoms with van der Waals surface area (Å²) >= 11 is 0. The predicted molar refractivity (Wildman–Crippen MR) is 198 cm³/mol. The molecule has 5 heteroatoms. The van der Waals surface area contributed by atoms with Crippen molar-refractivity contribution in [2.75, 3.05) is 0 Å². The molecule has 3 unspecified atom stereocenters. The van der Waals surface area contributed by atoms with Gasteiger partial charge >= 0.3 is 0 Å². The zero-order valence-electron chi connectivity index (χ0n) is 31.5. The third-order valence-corrected chi connectivity index (χ3v) is 9.43. The molecule has 0 aliphatic rings. The first-order chi connectivity index (χ1) is 22.3. The van der Waals surface area contributed by atoms with Gasteiger partial charge in [0.25, 0.3) is 0 Å². The van der Waals surface area contributed by atoms with Crippen molar-refractivity contribution in [1.82, 2.24) is 0 Å². The predicted octanol–water partition coefficient (Wildman–Crippen LogP) is 11.8. The van der Waals surface area contributed by atoms with E-state index in [1.54, 1.807) is 0 Å². The lowest BCUT2D eigenvalue weighted by Crippen LogP contribution is -2.25. The van der Waals surface area contributed by atoms with Crippen LogP contribution in [0.1, 0.15) is 233 Å². The van der Waals surface area contributed by atoms with Crippen LogP contribution in [0.25, 0.3) is 0 Å². The van der Waals surface area contributed by atoms with E-state index in [0.717, 1.165) is 77.0 Å². The molecule has 3 atom stereocenters. The first kappa shape index (κ1) is 47.3. The van der Waals surface area contributed by atoms with Gasteiger partial charge < -0.3 is 15.3 Å². The van der Waals surface area contributed by atoms with Gasteiger partial charge in [0.15, 0.2) is 0 Å². The van der Waals surface area contributed by atoms with E-state index in [-0.39, 0.29) is 6.10 Å². The lowest BCUT2D eigenvalue weighted by molar-refractivity contribution is -0.119. The van der Waals surface area contributed by atoms with Crippen molar-refractivity contribution in [2.24, 2.45) is 0 Å². The van der Waals surface area contributed by atoms with Crippen LogP contribution in [0.2, 0.25) is 0 Å². The molecule has 0 aromatic carbocycles. The average molecular weight is 655 g/mol. The maximum Gasteiger partial charge on any atom is 0.132 e. The van der Waals surface area contributed by atoms with Crippen molar-refractivity contribution in [3.8, 4) is 0 Å². The number of aliphatic hydroxyl groups excluding tert-OH is 3. The van der Waals surface area contributed by atoms with Crippen LogP contribution in [0.4, 0.5) is 0 Å². The minimum Gasteiger partial charge on any atom is -0.393 e. The summed E-state index contributed by atoms with van der Waals surface area (Å²) in [6.45, 7) is 8.30. The van der Waals surface area contributed by atoms with Crippen LogP contribution < -0.4 is 0 Å². The quantitative estimate of drug-likeness (QED) is 0.0591. The van der Waals surface area contributed by atoms with E-state index in [0.29, 0.717) is 24.4 Å². The summed E-state index contributed by atoms with van der Waals surface area (Å²) in [4.78, 5) is 22.3. The standard InChI is InChI=1S/C21H42O3.C20H40O2/c1-3-5-6-10-14-17-20(23)21(24)18-15-12-9-7-8-11-13-16-19(22)4-2;1-3-5-6-13-17-20(22)18-15-12-10-8-7-9-11-14-16-19(21)4-2/h20-21,23-24H,3-18H2,1-2H3;20,22H,3-18H2,1-2H3. The number of hydrogen-bond acceptors (Lipinski definition) is 5. The molecule has 0 amide bonds. The highest BCUT2D eigenvalue weighted by atomic mass is 16.3. The van der Waals surface area contributed by atoms with Crippen molar-refractivity contribution >= 4 is 11.6 Å². The summed E-state index contributed by atoms with van der Waals surface area (Å²) in [5, 5.41) is 29.8. The number of hydrogen-bond donors (Lipinski definition) is 3. The van der Waals surface area contributed by atoms with E-state index in [1.807, 2.05) is 13.8 Å². The number of rotatable bonds is 35. The number of carbonyl (C=O) groups excluding carboxylic acids is 2. The van der Waals surface area contributed by atoms with Crippen molar-refractivity contribution < 1.29 is 24.9 Å². The van der Waals surface area contributed by atoms with Gasteiger partial charge in [0.2, 0.25) is 0 Å². The lowest BCUT2D eigenvalue weighted by atomic mass is 9.99. The summed E-state index contributed by atoms with van der Waals surface area (Å²) in [5.41, 5.74) is 0. The van der Waals surface area contributed by atoms with Crippen molar-refractivity contribution in [3.63, 3.8) is 0 Å². The van der Waals surface area contributed by atoms with Gasteiger partial charge in [-0.25, -0.2) is 0 Å². The summed E-state index contributed by atoms with van der Waals surface area (Å²) in [5.74, 6) is 0.793. The summed E-state index contributed by atoms with van der Waals surface area (Å²) in [7, 11) is 0. The number of aliphatic hydroxyl groups is 3. The highest BCUT2D eigenvalue weighted by Crippen LogP contribution is 2.16. The molecule has 3 N–H and O–H groups in total. The summed E-state index contributed by atoms with van der Waals surface area (Å²) < 4.78 is 0. The maximum absolute atomic E-state index is 11.2. The normalized spacial score (nSPS) is 13.2. The van der Waals surface area contributed by atoms with E-state index >= 15 is 0 Å². The zero-order chi connectivity index (χ0) is 34.5. The molecule has 5 nitrogen and oxygen atoms in total. The SMILES string of the molecule is CCCCCCC(O)CCCCCCCCCCC(=O)CC.CCCCCCCC(O)C(O)CCCCCCCCCC(=O)CC. The maximum atomic E-state index is 11.2. The Balaban J connectivity index is 0. The van der Waals surface area contributed by atoms with Gasteiger partial charge in [-0.05, 0) is 38.5 Å². The minimum absolute atomic E-state index is 0.0621. The van der Waals surface area contributed by atoms with Crippen LogP contribution >= 0.6 is 0 Å². The van der Waals surface area contributed by atoms with Gasteiger partial charge in [0.1, 0.15) is 11.6 Å². The Hall–Kier alpha value is -0.780. The Bertz CT molecular complexity index is 622. The Kier molecular flexibility index (Phi) is 39.8. The smallest absolute Gasteiger partial charge is 0.132 e. The molecule has 0 spiro atoms. The van der Waals surface area contributed by atoms with Crippen LogP contribution in [0.15, 0.2) is 0 Å². The molecule has 0 aromatic heterocycles. The molecule has 0 rings (SSSR count). The molecular formula is C41H82O5. The number of carbonyl (C=O) groups is 2. The monoisotopic (exact) mass is 655 g/mol. The van der Waals surface area contributed by atoms with Gasteiger partial charge in [-0.3, -0.25) is 9.59 Å². The van der Waals surface area contributed by atoms with Gasteiger partial charge in [-0.1, -0.05) is 169 Å². The molecule has 0 bridgehead atoms. The van der Waals surface area contributed by atoms with E-state index < -0.39 is 12.2 Å². The molecule has 0 fully saturated rings. The topological polar surface area (TPSA) is 94.8 Å². The molecule has 0 aliphatic carbocycles. The molecule has 0 heterocycles. The molecular weight excluding hydrogens is 572 g/mol. The van der Waals surface area contributed by atoms with Gasteiger partial charge in [-0.15, -0.1) is 0 Å². The van der Waals surface area contributed by atoms with E-state index in [1.165, 1.54) is 116 Å². The molecule has 276 valence electrons. The van der Waals surface area contributed by atoms with Crippen LogP contribution in [0, 0.1) is 0 Å².